The van der Waals surface area contributed by atoms with Gasteiger partial charge in [0.1, 0.15) is 5.49 Å². The van der Waals surface area contributed by atoms with E-state index in [4.69, 9.17) is 5.41 Å². The first-order valence-corrected chi connectivity index (χ1v) is 4.79. The van der Waals surface area contributed by atoms with Crippen LogP contribution in [0.1, 0.15) is 22.9 Å². The van der Waals surface area contributed by atoms with Crippen LogP contribution >= 0.6 is 15.9 Å². The quantitative estimate of drug-likeness (QED) is 0.716. The number of rotatable bonds is 1. The van der Waals surface area contributed by atoms with Crippen LogP contribution in [0.2, 0.25) is 0 Å². The summed E-state index contributed by atoms with van der Waals surface area (Å²) in [5, 5.41) is 7.76. The lowest BCUT2D eigenvalue weighted by atomic mass is 10.1. The summed E-state index contributed by atoms with van der Waals surface area (Å²) in [5.41, 5.74) is 2.80. The Hall–Kier alpha value is -0.570. The molecular weight excluding hydrogens is 216 g/mol. The molecule has 2 nitrogen and oxygen atoms in total. The van der Waals surface area contributed by atoms with Crippen LogP contribution in [0.5, 0.6) is 0 Å². The van der Waals surface area contributed by atoms with Gasteiger partial charge in [-0.3, -0.25) is 5.41 Å². The third-order valence-corrected chi connectivity index (χ3v) is 2.33. The van der Waals surface area contributed by atoms with E-state index in [2.05, 4.69) is 15.9 Å². The fourth-order valence-electron chi connectivity index (χ4n) is 1.23. The van der Waals surface area contributed by atoms with Gasteiger partial charge in [-0.15, -0.1) is 0 Å². The topological polar surface area (TPSA) is 28.8 Å². The summed E-state index contributed by atoms with van der Waals surface area (Å²) in [7, 11) is 1.90. The highest BCUT2D eigenvalue weighted by atomic mass is 79.9. The maximum absolute atomic E-state index is 7.76. The van der Waals surface area contributed by atoms with Crippen LogP contribution < -0.4 is 5.49 Å². The molecule has 0 amide bonds. The number of aryl methyl sites for hydroxylation is 2. The molecule has 0 saturated carbocycles. The lowest BCUT2D eigenvalue weighted by molar-refractivity contribution is 0.783. The molecule has 1 unspecified atom stereocenters. The Kier molecular flexibility index (Phi) is 2.73. The Morgan fingerprint density at radius 2 is 2.17 bits per heavy atom. The number of pyridine rings is 1. The van der Waals surface area contributed by atoms with Crippen LogP contribution in [-0.2, 0) is 7.05 Å². The second kappa shape index (κ2) is 3.44. The van der Waals surface area contributed by atoms with Gasteiger partial charge in [0.15, 0.2) is 0 Å². The molecule has 12 heavy (non-hydrogen) atoms. The lowest BCUT2D eigenvalue weighted by Crippen LogP contribution is -2.21. The van der Waals surface area contributed by atoms with Gasteiger partial charge in [-0.05, 0) is 25.5 Å². The van der Waals surface area contributed by atoms with Crippen molar-refractivity contribution in [3.63, 3.8) is 0 Å². The number of nitrogens with zero attached hydrogens (tertiary/aromatic N) is 1. The molecule has 66 valence electrons. The molecule has 1 heterocycles. The lowest BCUT2D eigenvalue weighted by Gasteiger charge is -2.08. The van der Waals surface area contributed by atoms with E-state index in [0.29, 0.717) is 5.49 Å². The van der Waals surface area contributed by atoms with Gasteiger partial charge in [0.2, 0.25) is 0 Å². The van der Waals surface area contributed by atoms with E-state index in [0.717, 1.165) is 5.56 Å². The number of alkyl halides is 1. The van der Waals surface area contributed by atoms with Crippen LogP contribution in [0.15, 0.2) is 12.3 Å². The molecule has 3 heteroatoms. The normalized spacial score (nSPS) is 13.0. The average Bonchev–Trinajstić information content (AvgIpc) is 1.96. The van der Waals surface area contributed by atoms with Gasteiger partial charge in [-0.25, -0.2) is 0 Å². The van der Waals surface area contributed by atoms with Gasteiger partial charge in [-0.1, -0.05) is 15.9 Å². The summed E-state index contributed by atoms with van der Waals surface area (Å²) in [6.45, 7) is 4.07. The minimum Gasteiger partial charge on any atom is -0.336 e. The molecule has 0 aliphatic rings. The Labute approximate surface area is 80.9 Å². The fraction of sp³-hybridized carbons (Fsp3) is 0.444. The maximum Gasteiger partial charge on any atom is 0.128 e. The predicted molar refractivity (Wildman–Crippen MR) is 53.3 cm³/mol. The smallest absolute Gasteiger partial charge is 0.128 e. The Morgan fingerprint density at radius 1 is 1.58 bits per heavy atom. The van der Waals surface area contributed by atoms with Gasteiger partial charge < -0.3 is 4.57 Å². The highest BCUT2D eigenvalue weighted by molar-refractivity contribution is 9.09. The highest BCUT2D eigenvalue weighted by Crippen LogP contribution is 2.18. The van der Waals surface area contributed by atoms with E-state index >= 15 is 0 Å². The van der Waals surface area contributed by atoms with E-state index in [-0.39, 0.29) is 4.83 Å². The van der Waals surface area contributed by atoms with E-state index in [9.17, 15) is 0 Å². The number of hydrogen-bond donors (Lipinski definition) is 1. The van der Waals surface area contributed by atoms with E-state index in [1.807, 2.05) is 37.7 Å². The number of hydrogen-bond acceptors (Lipinski definition) is 1. The number of nitrogens with one attached hydrogen (secondary N) is 1. The van der Waals surface area contributed by atoms with Crippen LogP contribution in [0.4, 0.5) is 0 Å². The monoisotopic (exact) mass is 228 g/mol. The van der Waals surface area contributed by atoms with Crippen molar-refractivity contribution >= 4 is 15.9 Å². The van der Waals surface area contributed by atoms with E-state index < -0.39 is 0 Å². The first kappa shape index (κ1) is 9.52. The third kappa shape index (κ3) is 1.78. The summed E-state index contributed by atoms with van der Waals surface area (Å²) >= 11 is 3.47. The van der Waals surface area contributed by atoms with Crippen molar-refractivity contribution in [2.24, 2.45) is 7.05 Å². The molecule has 0 fully saturated rings. The minimum atomic E-state index is 0.246. The SMILES string of the molecule is Cc1cc(C(C)Br)c(=N)n(C)c1. The number of aromatic nitrogens is 1. The van der Waals surface area contributed by atoms with Crippen molar-refractivity contribution < 1.29 is 0 Å². The average molecular weight is 229 g/mol. The fourth-order valence-corrected chi connectivity index (χ4v) is 1.58. The molecule has 0 aliphatic carbocycles. The maximum atomic E-state index is 7.76. The third-order valence-electron chi connectivity index (χ3n) is 1.84. The zero-order chi connectivity index (χ0) is 9.30. The Bertz CT molecular complexity index is 339. The molecule has 1 rings (SSSR count). The van der Waals surface area contributed by atoms with Gasteiger partial charge >= 0.3 is 0 Å². The number of halogens is 1. The second-order valence-electron chi connectivity index (χ2n) is 3.05. The van der Waals surface area contributed by atoms with Crippen molar-refractivity contribution in [3.8, 4) is 0 Å². The Morgan fingerprint density at radius 3 is 2.67 bits per heavy atom. The minimum absolute atomic E-state index is 0.246. The van der Waals surface area contributed by atoms with E-state index in [1.165, 1.54) is 5.56 Å². The zero-order valence-corrected chi connectivity index (χ0v) is 9.14. The summed E-state index contributed by atoms with van der Waals surface area (Å²) in [4.78, 5) is 0.246. The molecule has 1 N–H and O–H groups in total. The van der Waals surface area contributed by atoms with Gasteiger partial charge in [0, 0.05) is 23.6 Å². The molecular formula is C9H13BrN2. The van der Waals surface area contributed by atoms with E-state index in [1.54, 1.807) is 0 Å². The Balaban J connectivity index is 3.38. The van der Waals surface area contributed by atoms with Crippen LogP contribution in [0.25, 0.3) is 0 Å². The molecule has 1 aromatic heterocycles. The van der Waals surface area contributed by atoms with Gasteiger partial charge in [0.05, 0.1) is 0 Å². The molecule has 0 spiro atoms. The van der Waals surface area contributed by atoms with Crippen LogP contribution in [0.3, 0.4) is 0 Å². The molecule has 0 radical (unpaired) electrons. The molecule has 1 aromatic rings. The molecule has 1 atom stereocenters. The first-order chi connectivity index (χ1) is 5.52. The molecule has 0 saturated heterocycles. The van der Waals surface area contributed by atoms with Crippen molar-refractivity contribution in [3.05, 3.63) is 28.9 Å². The van der Waals surface area contributed by atoms with Crippen molar-refractivity contribution in [2.45, 2.75) is 18.7 Å². The van der Waals surface area contributed by atoms with Crippen molar-refractivity contribution in [1.29, 1.82) is 5.41 Å². The zero-order valence-electron chi connectivity index (χ0n) is 7.56. The van der Waals surface area contributed by atoms with Gasteiger partial charge in [-0.2, -0.15) is 0 Å². The molecule has 0 bridgehead atoms. The summed E-state index contributed by atoms with van der Waals surface area (Å²) in [5.74, 6) is 0. The second-order valence-corrected chi connectivity index (χ2v) is 4.42. The largest absolute Gasteiger partial charge is 0.336 e. The van der Waals surface area contributed by atoms with Crippen molar-refractivity contribution in [1.82, 2.24) is 4.57 Å². The van der Waals surface area contributed by atoms with Gasteiger partial charge in [0.25, 0.3) is 0 Å². The molecule has 0 aliphatic heterocycles. The summed E-state index contributed by atoms with van der Waals surface area (Å²) in [6, 6.07) is 2.04. The summed E-state index contributed by atoms with van der Waals surface area (Å²) < 4.78 is 1.84. The predicted octanol–water partition coefficient (Wildman–Crippen LogP) is 2.27. The van der Waals surface area contributed by atoms with Crippen LogP contribution in [-0.4, -0.2) is 4.57 Å². The standard InChI is InChI=1S/C9H13BrN2/c1-6-4-8(7(2)10)9(11)12(3)5-6/h4-5,7,11H,1-3H3. The summed E-state index contributed by atoms with van der Waals surface area (Å²) in [6.07, 6.45) is 1.96. The van der Waals surface area contributed by atoms with Crippen molar-refractivity contribution in [2.75, 3.05) is 0 Å². The van der Waals surface area contributed by atoms with Crippen LogP contribution in [0, 0.1) is 12.3 Å². The molecule has 0 aromatic carbocycles. The highest BCUT2D eigenvalue weighted by Gasteiger charge is 2.04. The first-order valence-electron chi connectivity index (χ1n) is 3.88.